The van der Waals surface area contributed by atoms with Crippen molar-refractivity contribution >= 4 is 19.8 Å². The standard InChI is InChI=1S/C30H60NO8P/c1-3-5-7-9-11-13-14-15-17-19-21-23-30(33)39-28(27-38-40(34,35)37-25-24-31)26-36-29(32)22-20-18-16-12-10-8-6-4-2/h28H,3-27,31H2,1-2H3,(H,34,35)/p+1/t28-/m1/s1. The van der Waals surface area contributed by atoms with Gasteiger partial charge < -0.3 is 20.1 Å². The Balaban J connectivity index is 4.30. The van der Waals surface area contributed by atoms with Crippen LogP contribution in [0, 0.1) is 0 Å². The van der Waals surface area contributed by atoms with E-state index in [9.17, 15) is 19.0 Å². The number of carbonyl (C=O) groups is 2. The Bertz CT molecular complexity index is 649. The average molecular weight is 595 g/mol. The predicted octanol–water partition coefficient (Wildman–Crippen LogP) is 7.05. The molecule has 40 heavy (non-hydrogen) atoms. The summed E-state index contributed by atoms with van der Waals surface area (Å²) >= 11 is 0. The van der Waals surface area contributed by atoms with Gasteiger partial charge in [0.05, 0.1) is 13.2 Å². The van der Waals surface area contributed by atoms with E-state index in [0.29, 0.717) is 19.4 Å². The molecular weight excluding hydrogens is 533 g/mol. The molecule has 4 N–H and O–H groups in total. The highest BCUT2D eigenvalue weighted by Crippen LogP contribution is 2.43. The third-order valence-electron chi connectivity index (χ3n) is 6.77. The SMILES string of the molecule is CCCCCCCCCCCCCC(=O)O[C@H](COC(=O)CCCCCCCCCC)COP(=O)(O)OCC[NH3+]. The normalized spacial score (nSPS) is 13.6. The van der Waals surface area contributed by atoms with Crippen molar-refractivity contribution in [1.82, 2.24) is 0 Å². The van der Waals surface area contributed by atoms with Crippen LogP contribution in [-0.2, 0) is 32.7 Å². The molecule has 0 aliphatic rings. The van der Waals surface area contributed by atoms with E-state index in [1.54, 1.807) is 0 Å². The molecule has 0 aromatic carbocycles. The van der Waals surface area contributed by atoms with Crippen LogP contribution in [0.3, 0.4) is 0 Å². The fraction of sp³-hybridized carbons (Fsp3) is 0.933. The van der Waals surface area contributed by atoms with Crippen molar-refractivity contribution in [3.63, 3.8) is 0 Å². The van der Waals surface area contributed by atoms with Gasteiger partial charge >= 0.3 is 19.8 Å². The predicted molar refractivity (Wildman–Crippen MR) is 159 cm³/mol. The fourth-order valence-electron chi connectivity index (χ4n) is 4.35. The van der Waals surface area contributed by atoms with Crippen LogP contribution in [0.15, 0.2) is 0 Å². The van der Waals surface area contributed by atoms with E-state index in [1.165, 1.54) is 83.5 Å². The third kappa shape index (κ3) is 27.2. The van der Waals surface area contributed by atoms with Gasteiger partial charge in [0.2, 0.25) is 0 Å². The Kier molecular flexibility index (Phi) is 27.4. The zero-order chi connectivity index (χ0) is 29.7. The molecule has 0 aliphatic heterocycles. The lowest BCUT2D eigenvalue weighted by Crippen LogP contribution is -2.52. The lowest BCUT2D eigenvalue weighted by Gasteiger charge is -2.19. The van der Waals surface area contributed by atoms with Gasteiger partial charge in [-0.3, -0.25) is 18.6 Å². The van der Waals surface area contributed by atoms with E-state index >= 15 is 0 Å². The lowest BCUT2D eigenvalue weighted by atomic mass is 10.1. The molecule has 0 radical (unpaired) electrons. The Morgan fingerprint density at radius 3 is 1.52 bits per heavy atom. The quantitative estimate of drug-likeness (QED) is 0.0513. The van der Waals surface area contributed by atoms with E-state index in [0.717, 1.165) is 32.1 Å². The molecular formula is C30H61NO8P+. The van der Waals surface area contributed by atoms with Crippen molar-refractivity contribution in [1.29, 1.82) is 0 Å². The van der Waals surface area contributed by atoms with Gasteiger partial charge in [0, 0.05) is 12.8 Å². The van der Waals surface area contributed by atoms with E-state index in [4.69, 9.17) is 18.5 Å². The molecule has 9 nitrogen and oxygen atoms in total. The molecule has 10 heteroatoms. The summed E-state index contributed by atoms with van der Waals surface area (Å²) in [6.07, 6.45) is 21.6. The Morgan fingerprint density at radius 1 is 0.650 bits per heavy atom. The van der Waals surface area contributed by atoms with E-state index in [1.807, 2.05) is 0 Å². The summed E-state index contributed by atoms with van der Waals surface area (Å²) in [5.74, 6) is -0.812. The van der Waals surface area contributed by atoms with Gasteiger partial charge in [-0.25, -0.2) is 4.57 Å². The van der Waals surface area contributed by atoms with Crippen LogP contribution in [0.1, 0.15) is 149 Å². The molecule has 0 saturated carbocycles. The zero-order valence-corrected chi connectivity index (χ0v) is 26.6. The molecule has 238 valence electrons. The van der Waals surface area contributed by atoms with Gasteiger partial charge in [0.25, 0.3) is 0 Å². The van der Waals surface area contributed by atoms with Gasteiger partial charge in [-0.05, 0) is 12.8 Å². The number of phosphoric ester groups is 1. The van der Waals surface area contributed by atoms with Crippen molar-refractivity contribution in [2.45, 2.75) is 155 Å². The number of ether oxygens (including phenoxy) is 2. The molecule has 0 saturated heterocycles. The van der Waals surface area contributed by atoms with Crippen molar-refractivity contribution in [3.05, 3.63) is 0 Å². The second kappa shape index (κ2) is 28.1. The maximum absolute atomic E-state index is 12.4. The number of phosphoric acid groups is 1. The molecule has 0 rings (SSSR count). The van der Waals surface area contributed by atoms with Crippen molar-refractivity contribution < 1.29 is 43.3 Å². The van der Waals surface area contributed by atoms with E-state index in [2.05, 4.69) is 19.6 Å². The Morgan fingerprint density at radius 2 is 1.07 bits per heavy atom. The van der Waals surface area contributed by atoms with E-state index < -0.39 is 26.5 Å². The van der Waals surface area contributed by atoms with Crippen molar-refractivity contribution in [2.24, 2.45) is 0 Å². The topological polar surface area (TPSA) is 136 Å². The first-order valence-corrected chi connectivity index (χ1v) is 17.6. The molecule has 0 amide bonds. The summed E-state index contributed by atoms with van der Waals surface area (Å²) in [7, 11) is -4.31. The number of unbranched alkanes of at least 4 members (excludes halogenated alkanes) is 17. The number of hydrogen-bond donors (Lipinski definition) is 2. The molecule has 0 fully saturated rings. The number of rotatable bonds is 30. The molecule has 0 heterocycles. The minimum Gasteiger partial charge on any atom is -0.462 e. The summed E-state index contributed by atoms with van der Waals surface area (Å²) in [5, 5.41) is 0. The number of quaternary nitrogens is 1. The van der Waals surface area contributed by atoms with E-state index in [-0.39, 0.29) is 25.6 Å². The number of carbonyl (C=O) groups excluding carboxylic acids is 2. The fourth-order valence-corrected chi connectivity index (χ4v) is 5.14. The summed E-state index contributed by atoms with van der Waals surface area (Å²) in [6, 6.07) is 0. The van der Waals surface area contributed by atoms with Gasteiger partial charge in [-0.15, -0.1) is 0 Å². The lowest BCUT2D eigenvalue weighted by molar-refractivity contribution is -0.371. The third-order valence-corrected chi connectivity index (χ3v) is 7.75. The molecule has 2 atom stereocenters. The smallest absolute Gasteiger partial charge is 0.462 e. The maximum Gasteiger partial charge on any atom is 0.472 e. The first-order valence-electron chi connectivity index (χ1n) is 16.1. The highest BCUT2D eigenvalue weighted by molar-refractivity contribution is 7.47. The summed E-state index contributed by atoms with van der Waals surface area (Å²) in [5.41, 5.74) is 3.55. The molecule has 1 unspecified atom stereocenters. The van der Waals surface area contributed by atoms with Gasteiger partial charge in [0.15, 0.2) is 6.10 Å². The Labute approximate surface area is 244 Å². The first-order chi connectivity index (χ1) is 19.3. The molecule has 0 bridgehead atoms. The van der Waals surface area contributed by atoms with Crippen LogP contribution >= 0.6 is 7.82 Å². The Hall–Kier alpha value is -0.990. The first kappa shape index (κ1) is 39.0. The van der Waals surface area contributed by atoms with Gasteiger partial charge in [-0.2, -0.15) is 0 Å². The number of esters is 2. The number of hydrogen-bond acceptors (Lipinski definition) is 7. The second-order valence-electron chi connectivity index (χ2n) is 10.8. The summed E-state index contributed by atoms with van der Waals surface area (Å²) in [6.45, 7) is 4.07. The maximum atomic E-state index is 12.4. The van der Waals surface area contributed by atoms with Crippen LogP contribution in [-0.4, -0.2) is 49.3 Å². The monoisotopic (exact) mass is 594 g/mol. The van der Waals surface area contributed by atoms with Crippen LogP contribution < -0.4 is 5.73 Å². The minimum atomic E-state index is -4.31. The largest absolute Gasteiger partial charge is 0.472 e. The molecule has 0 aliphatic carbocycles. The highest BCUT2D eigenvalue weighted by atomic mass is 31.2. The van der Waals surface area contributed by atoms with Crippen LogP contribution in [0.4, 0.5) is 0 Å². The van der Waals surface area contributed by atoms with Gasteiger partial charge in [-0.1, -0.05) is 123 Å². The highest BCUT2D eigenvalue weighted by Gasteiger charge is 2.26. The van der Waals surface area contributed by atoms with Crippen LogP contribution in [0.25, 0.3) is 0 Å². The average Bonchev–Trinajstić information content (AvgIpc) is 2.93. The van der Waals surface area contributed by atoms with Crippen molar-refractivity contribution in [2.75, 3.05) is 26.4 Å². The van der Waals surface area contributed by atoms with Gasteiger partial charge in [0.1, 0.15) is 13.2 Å². The minimum absolute atomic E-state index is 0.0370. The molecule has 0 aromatic heterocycles. The van der Waals surface area contributed by atoms with Crippen LogP contribution in [0.5, 0.6) is 0 Å². The van der Waals surface area contributed by atoms with Crippen LogP contribution in [0.2, 0.25) is 0 Å². The zero-order valence-electron chi connectivity index (χ0n) is 25.7. The molecule has 0 aromatic rings. The summed E-state index contributed by atoms with van der Waals surface area (Å²) in [4.78, 5) is 34.4. The van der Waals surface area contributed by atoms with Crippen molar-refractivity contribution in [3.8, 4) is 0 Å². The molecule has 0 spiro atoms. The second-order valence-corrected chi connectivity index (χ2v) is 12.2. The summed E-state index contributed by atoms with van der Waals surface area (Å²) < 4.78 is 32.5.